The SMILES string of the molecule is COc1ccc(C)cc1NC(=O)COC(=O)Cc1ccc(NC(C)=O)cc1. The molecule has 27 heavy (non-hydrogen) atoms. The number of rotatable bonds is 7. The normalized spacial score (nSPS) is 10.0. The van der Waals surface area contributed by atoms with Crippen molar-refractivity contribution in [2.24, 2.45) is 0 Å². The van der Waals surface area contributed by atoms with Crippen molar-refractivity contribution < 1.29 is 23.9 Å². The van der Waals surface area contributed by atoms with Gasteiger partial charge in [-0.3, -0.25) is 14.4 Å². The fraction of sp³-hybridized carbons (Fsp3) is 0.250. The number of hydrogen-bond acceptors (Lipinski definition) is 5. The number of carbonyl (C=O) groups is 3. The number of ether oxygens (including phenoxy) is 2. The maximum absolute atomic E-state index is 12.0. The van der Waals surface area contributed by atoms with E-state index in [1.165, 1.54) is 14.0 Å². The number of benzene rings is 2. The molecule has 0 aliphatic rings. The highest BCUT2D eigenvalue weighted by molar-refractivity contribution is 5.94. The summed E-state index contributed by atoms with van der Waals surface area (Å²) >= 11 is 0. The van der Waals surface area contributed by atoms with Gasteiger partial charge < -0.3 is 20.1 Å². The van der Waals surface area contributed by atoms with Gasteiger partial charge in [0.05, 0.1) is 19.2 Å². The number of hydrogen-bond donors (Lipinski definition) is 2. The lowest BCUT2D eigenvalue weighted by molar-refractivity contribution is -0.146. The first-order valence-corrected chi connectivity index (χ1v) is 8.34. The quantitative estimate of drug-likeness (QED) is 0.731. The molecule has 0 aliphatic carbocycles. The molecule has 2 N–H and O–H groups in total. The number of methoxy groups -OCH3 is 1. The minimum atomic E-state index is -0.520. The van der Waals surface area contributed by atoms with E-state index in [2.05, 4.69) is 10.6 Å². The summed E-state index contributed by atoms with van der Waals surface area (Å²) in [4.78, 5) is 34.9. The van der Waals surface area contributed by atoms with Crippen LogP contribution in [-0.2, 0) is 25.5 Å². The first-order valence-electron chi connectivity index (χ1n) is 8.34. The molecule has 2 rings (SSSR count). The fourth-order valence-corrected chi connectivity index (χ4v) is 2.38. The monoisotopic (exact) mass is 370 g/mol. The van der Waals surface area contributed by atoms with Crippen molar-refractivity contribution in [1.82, 2.24) is 0 Å². The Morgan fingerprint density at radius 1 is 1.00 bits per heavy atom. The van der Waals surface area contributed by atoms with Gasteiger partial charge in [-0.1, -0.05) is 18.2 Å². The molecule has 7 heteroatoms. The largest absolute Gasteiger partial charge is 0.495 e. The van der Waals surface area contributed by atoms with Gasteiger partial charge in [0.15, 0.2) is 6.61 Å². The van der Waals surface area contributed by atoms with E-state index in [1.54, 1.807) is 36.4 Å². The molecule has 7 nitrogen and oxygen atoms in total. The van der Waals surface area contributed by atoms with Gasteiger partial charge in [-0.25, -0.2) is 0 Å². The van der Waals surface area contributed by atoms with Crippen LogP contribution in [0.1, 0.15) is 18.1 Å². The van der Waals surface area contributed by atoms with Crippen molar-refractivity contribution in [3.05, 3.63) is 53.6 Å². The minimum Gasteiger partial charge on any atom is -0.495 e. The molecule has 0 unspecified atom stereocenters. The van der Waals surface area contributed by atoms with E-state index in [9.17, 15) is 14.4 Å². The molecule has 0 spiro atoms. The highest BCUT2D eigenvalue weighted by Crippen LogP contribution is 2.25. The molecule has 0 radical (unpaired) electrons. The number of aryl methyl sites for hydroxylation is 1. The third-order valence-electron chi connectivity index (χ3n) is 3.62. The molecule has 0 saturated carbocycles. The molecule has 0 aliphatic heterocycles. The first-order chi connectivity index (χ1) is 12.9. The summed E-state index contributed by atoms with van der Waals surface area (Å²) in [6.07, 6.45) is 0.0292. The van der Waals surface area contributed by atoms with Crippen LogP contribution in [-0.4, -0.2) is 31.5 Å². The number of nitrogens with one attached hydrogen (secondary N) is 2. The molecule has 0 atom stereocenters. The fourth-order valence-electron chi connectivity index (χ4n) is 2.38. The van der Waals surface area contributed by atoms with E-state index in [0.29, 0.717) is 17.1 Å². The van der Waals surface area contributed by atoms with Crippen LogP contribution in [0.25, 0.3) is 0 Å². The van der Waals surface area contributed by atoms with Crippen molar-refractivity contribution in [1.29, 1.82) is 0 Å². The van der Waals surface area contributed by atoms with Gasteiger partial charge in [-0.15, -0.1) is 0 Å². The van der Waals surface area contributed by atoms with Crippen LogP contribution >= 0.6 is 0 Å². The van der Waals surface area contributed by atoms with Crippen LogP contribution in [0, 0.1) is 6.92 Å². The molecule has 2 aromatic carbocycles. The molecule has 0 bridgehead atoms. The molecule has 0 aromatic heterocycles. The zero-order valence-electron chi connectivity index (χ0n) is 15.5. The molecular formula is C20H22N2O5. The highest BCUT2D eigenvalue weighted by atomic mass is 16.5. The lowest BCUT2D eigenvalue weighted by Crippen LogP contribution is -2.22. The van der Waals surface area contributed by atoms with Crippen molar-refractivity contribution in [2.45, 2.75) is 20.3 Å². The molecular weight excluding hydrogens is 348 g/mol. The maximum atomic E-state index is 12.0. The van der Waals surface area contributed by atoms with Crippen LogP contribution in [0.2, 0.25) is 0 Å². The third kappa shape index (κ3) is 6.47. The highest BCUT2D eigenvalue weighted by Gasteiger charge is 2.11. The lowest BCUT2D eigenvalue weighted by Gasteiger charge is -2.11. The van der Waals surface area contributed by atoms with Gasteiger partial charge in [-0.05, 0) is 42.3 Å². The molecule has 0 heterocycles. The van der Waals surface area contributed by atoms with E-state index in [4.69, 9.17) is 9.47 Å². The van der Waals surface area contributed by atoms with Gasteiger partial charge in [0, 0.05) is 12.6 Å². The summed E-state index contributed by atoms with van der Waals surface area (Å²) in [5, 5.41) is 5.31. The summed E-state index contributed by atoms with van der Waals surface area (Å²) in [7, 11) is 1.51. The Labute approximate surface area is 157 Å². The number of carbonyl (C=O) groups excluding carboxylic acids is 3. The zero-order valence-corrected chi connectivity index (χ0v) is 15.5. The van der Waals surface area contributed by atoms with Crippen LogP contribution in [0.3, 0.4) is 0 Å². The number of amides is 2. The van der Waals surface area contributed by atoms with Crippen molar-refractivity contribution in [2.75, 3.05) is 24.4 Å². The van der Waals surface area contributed by atoms with Crippen molar-refractivity contribution in [3.8, 4) is 5.75 Å². The average Bonchev–Trinajstić information content (AvgIpc) is 2.61. The Kier molecular flexibility index (Phi) is 6.93. The third-order valence-corrected chi connectivity index (χ3v) is 3.62. The molecule has 2 aromatic rings. The topological polar surface area (TPSA) is 93.7 Å². The Balaban J connectivity index is 1.84. The minimum absolute atomic E-state index is 0.0292. The van der Waals surface area contributed by atoms with Crippen LogP contribution in [0.5, 0.6) is 5.75 Å². The summed E-state index contributed by atoms with van der Waals surface area (Å²) in [5.74, 6) is -0.611. The summed E-state index contributed by atoms with van der Waals surface area (Å²) in [6.45, 7) is 2.93. The van der Waals surface area contributed by atoms with Crippen molar-refractivity contribution >= 4 is 29.2 Å². The first kappa shape index (κ1) is 20.0. The van der Waals surface area contributed by atoms with Gasteiger partial charge >= 0.3 is 5.97 Å². The van der Waals surface area contributed by atoms with Crippen molar-refractivity contribution in [3.63, 3.8) is 0 Å². The van der Waals surface area contributed by atoms with Gasteiger partial charge in [-0.2, -0.15) is 0 Å². The van der Waals surface area contributed by atoms with E-state index >= 15 is 0 Å². The Morgan fingerprint density at radius 3 is 2.33 bits per heavy atom. The summed E-state index contributed by atoms with van der Waals surface area (Å²) < 4.78 is 10.2. The summed E-state index contributed by atoms with van der Waals surface area (Å²) in [6, 6.07) is 12.2. The molecule has 2 amide bonds. The van der Waals surface area contributed by atoms with Gasteiger partial charge in [0.1, 0.15) is 5.75 Å². The Hall–Kier alpha value is -3.35. The van der Waals surface area contributed by atoms with Crippen LogP contribution in [0.4, 0.5) is 11.4 Å². The molecule has 0 fully saturated rings. The van der Waals surface area contributed by atoms with E-state index in [-0.39, 0.29) is 18.9 Å². The summed E-state index contributed by atoms with van der Waals surface area (Å²) in [5.41, 5.74) is 2.85. The Bertz CT molecular complexity index is 831. The lowest BCUT2D eigenvalue weighted by atomic mass is 10.1. The second-order valence-electron chi connectivity index (χ2n) is 5.97. The van der Waals surface area contributed by atoms with E-state index in [1.807, 2.05) is 13.0 Å². The van der Waals surface area contributed by atoms with Crippen LogP contribution in [0.15, 0.2) is 42.5 Å². The van der Waals surface area contributed by atoms with E-state index in [0.717, 1.165) is 11.1 Å². The number of esters is 1. The predicted molar refractivity (Wildman–Crippen MR) is 102 cm³/mol. The molecule has 0 saturated heterocycles. The average molecular weight is 370 g/mol. The van der Waals surface area contributed by atoms with Gasteiger partial charge in [0.25, 0.3) is 5.91 Å². The second-order valence-corrected chi connectivity index (χ2v) is 5.97. The van der Waals surface area contributed by atoms with E-state index < -0.39 is 11.9 Å². The zero-order chi connectivity index (χ0) is 19.8. The van der Waals surface area contributed by atoms with Gasteiger partial charge in [0.2, 0.25) is 5.91 Å². The predicted octanol–water partition coefficient (Wildman–Crippen LogP) is 2.69. The number of anilines is 2. The maximum Gasteiger partial charge on any atom is 0.310 e. The Morgan fingerprint density at radius 2 is 1.70 bits per heavy atom. The standard InChI is InChI=1S/C20H22N2O5/c1-13-4-9-18(26-3)17(10-13)22-19(24)12-27-20(25)11-15-5-7-16(8-6-15)21-14(2)23/h4-10H,11-12H2,1-3H3,(H,21,23)(H,22,24). The van der Waals surface area contributed by atoms with Crippen LogP contribution < -0.4 is 15.4 Å². The second kappa shape index (κ2) is 9.38. The molecule has 142 valence electrons. The smallest absolute Gasteiger partial charge is 0.310 e.